The number of fused-ring (bicyclic) bond motifs is 1. The van der Waals surface area contributed by atoms with Crippen LogP contribution < -0.4 is 5.43 Å². The number of nitrogens with zero attached hydrogens (tertiary/aromatic N) is 1. The Morgan fingerprint density at radius 2 is 1.83 bits per heavy atom. The Bertz CT molecular complexity index is 1030. The lowest BCUT2D eigenvalue weighted by atomic mass is 10.00. The van der Waals surface area contributed by atoms with E-state index in [1.54, 1.807) is 26.0 Å². The lowest BCUT2D eigenvalue weighted by Gasteiger charge is -2.21. The van der Waals surface area contributed by atoms with Gasteiger partial charge in [0.25, 0.3) is 0 Å². The topological polar surface area (TPSA) is 112 Å². The first-order valence-corrected chi connectivity index (χ1v) is 9.32. The second kappa shape index (κ2) is 8.89. The number of benzene rings is 1. The number of hydrogen-bond acceptors (Lipinski definition) is 6. The number of carboxylic acids is 1. The fourth-order valence-corrected chi connectivity index (χ4v) is 3.29. The zero-order valence-corrected chi connectivity index (χ0v) is 17.2. The number of carbonyl (C=O) groups is 3. The largest absolute Gasteiger partial charge is 0.477 e. The maximum atomic E-state index is 13.2. The van der Waals surface area contributed by atoms with Crippen molar-refractivity contribution in [2.75, 3.05) is 6.61 Å². The summed E-state index contributed by atoms with van der Waals surface area (Å²) in [5.41, 5.74) is -0.111. The third-order valence-electron chi connectivity index (χ3n) is 4.24. The number of ether oxygens (including phenoxy) is 2. The van der Waals surface area contributed by atoms with E-state index in [2.05, 4.69) is 0 Å². The van der Waals surface area contributed by atoms with E-state index in [0.717, 1.165) is 0 Å². The second-order valence-corrected chi connectivity index (χ2v) is 7.18. The van der Waals surface area contributed by atoms with E-state index in [1.807, 2.05) is 13.8 Å². The van der Waals surface area contributed by atoms with Gasteiger partial charge < -0.3 is 19.1 Å². The predicted molar refractivity (Wildman–Crippen MR) is 106 cm³/mol. The third-order valence-corrected chi connectivity index (χ3v) is 4.24. The van der Waals surface area contributed by atoms with Gasteiger partial charge >= 0.3 is 17.9 Å². The quantitative estimate of drug-likeness (QED) is 0.707. The van der Waals surface area contributed by atoms with Gasteiger partial charge in [-0.1, -0.05) is 19.9 Å². The molecule has 0 radical (unpaired) electrons. The minimum Gasteiger partial charge on any atom is -0.477 e. The number of esters is 2. The molecule has 0 unspecified atom stereocenters. The van der Waals surface area contributed by atoms with Crippen LogP contribution in [0.15, 0.2) is 16.9 Å². The Labute approximate surface area is 168 Å². The van der Waals surface area contributed by atoms with Crippen molar-refractivity contribution in [3.05, 3.63) is 44.7 Å². The van der Waals surface area contributed by atoms with E-state index in [1.165, 1.54) is 11.5 Å². The van der Waals surface area contributed by atoms with Crippen molar-refractivity contribution < 1.29 is 29.0 Å². The molecule has 0 bridgehead atoms. The van der Waals surface area contributed by atoms with Gasteiger partial charge in [-0.2, -0.15) is 0 Å². The fourth-order valence-electron chi connectivity index (χ4n) is 3.29. The Balaban J connectivity index is 3.04. The number of aromatic carboxylic acids is 1. The molecule has 2 aromatic rings. The maximum Gasteiger partial charge on any atom is 0.353 e. The van der Waals surface area contributed by atoms with E-state index in [-0.39, 0.29) is 31.1 Å². The molecule has 0 atom stereocenters. The molecule has 8 nitrogen and oxygen atoms in total. The van der Waals surface area contributed by atoms with Gasteiger partial charge in [0.05, 0.1) is 12.1 Å². The van der Waals surface area contributed by atoms with Crippen LogP contribution in [0.4, 0.5) is 0 Å². The van der Waals surface area contributed by atoms with E-state index >= 15 is 0 Å². The van der Waals surface area contributed by atoms with Gasteiger partial charge in [-0.3, -0.25) is 9.59 Å². The SMILES string of the molecule is CCOC(=O)c1c(C(=O)O)n(CC(C)C)c2c(COC(C)=O)cc(C)cc2c1=O. The van der Waals surface area contributed by atoms with Gasteiger partial charge in [0, 0.05) is 24.4 Å². The molecule has 29 heavy (non-hydrogen) atoms. The molecule has 0 amide bonds. The Hall–Kier alpha value is -3.16. The van der Waals surface area contributed by atoms with Crippen molar-refractivity contribution in [1.82, 2.24) is 4.57 Å². The monoisotopic (exact) mass is 403 g/mol. The smallest absolute Gasteiger partial charge is 0.353 e. The summed E-state index contributed by atoms with van der Waals surface area (Å²) in [5, 5.41) is 10.1. The van der Waals surface area contributed by atoms with E-state index < -0.39 is 34.6 Å². The second-order valence-electron chi connectivity index (χ2n) is 7.18. The Morgan fingerprint density at radius 3 is 2.34 bits per heavy atom. The van der Waals surface area contributed by atoms with Gasteiger partial charge in [-0.05, 0) is 31.4 Å². The maximum absolute atomic E-state index is 13.2. The van der Waals surface area contributed by atoms with Gasteiger partial charge in [-0.25, -0.2) is 9.59 Å². The summed E-state index contributed by atoms with van der Waals surface area (Å²) in [7, 11) is 0. The molecule has 0 saturated carbocycles. The molecule has 2 rings (SSSR count). The molecule has 1 aromatic heterocycles. The number of carboxylic acid groups (broad SMARTS) is 1. The van der Waals surface area contributed by atoms with Crippen molar-refractivity contribution in [3.8, 4) is 0 Å². The van der Waals surface area contributed by atoms with Crippen molar-refractivity contribution >= 4 is 28.8 Å². The molecule has 1 aromatic carbocycles. The molecule has 8 heteroatoms. The van der Waals surface area contributed by atoms with Gasteiger partial charge in [-0.15, -0.1) is 0 Å². The molecular weight excluding hydrogens is 378 g/mol. The number of pyridine rings is 1. The van der Waals surface area contributed by atoms with Gasteiger partial charge in [0.15, 0.2) is 0 Å². The molecule has 156 valence electrons. The van der Waals surface area contributed by atoms with Crippen LogP contribution >= 0.6 is 0 Å². The van der Waals surface area contributed by atoms with Crippen LogP contribution in [0.1, 0.15) is 59.7 Å². The average Bonchev–Trinajstić information content (AvgIpc) is 2.60. The number of hydrogen-bond donors (Lipinski definition) is 1. The first-order valence-electron chi connectivity index (χ1n) is 9.32. The highest BCUT2D eigenvalue weighted by atomic mass is 16.5. The molecule has 0 fully saturated rings. The molecule has 0 aliphatic rings. The van der Waals surface area contributed by atoms with Crippen molar-refractivity contribution in [3.63, 3.8) is 0 Å². The van der Waals surface area contributed by atoms with Crippen LogP contribution in [-0.2, 0) is 27.4 Å². The molecule has 0 aliphatic heterocycles. The minimum absolute atomic E-state index is 0.00503. The Kier molecular flexibility index (Phi) is 6.79. The first-order chi connectivity index (χ1) is 13.6. The summed E-state index contributed by atoms with van der Waals surface area (Å²) in [5.74, 6) is -2.88. The number of aryl methyl sites for hydroxylation is 1. The van der Waals surface area contributed by atoms with Crippen LogP contribution in [-0.4, -0.2) is 34.2 Å². The lowest BCUT2D eigenvalue weighted by molar-refractivity contribution is -0.142. The standard InChI is InChI=1S/C21H25NO7/c1-6-28-21(27)16-18(20(25)26)22(9-11(2)3)17-14(10-29-13(5)23)7-12(4)8-15(17)19(16)24/h7-8,11H,6,9-10H2,1-5H3,(H,25,26). The van der Waals surface area contributed by atoms with Gasteiger partial charge in [0.2, 0.25) is 5.43 Å². The van der Waals surface area contributed by atoms with Crippen molar-refractivity contribution in [2.24, 2.45) is 5.92 Å². The lowest BCUT2D eigenvalue weighted by Crippen LogP contribution is -2.30. The van der Waals surface area contributed by atoms with Crippen LogP contribution in [0.2, 0.25) is 0 Å². The third kappa shape index (κ3) is 4.64. The van der Waals surface area contributed by atoms with Crippen molar-refractivity contribution in [1.29, 1.82) is 0 Å². The van der Waals surface area contributed by atoms with E-state index in [9.17, 15) is 24.3 Å². The molecular formula is C21H25NO7. The highest BCUT2D eigenvalue weighted by Crippen LogP contribution is 2.25. The Morgan fingerprint density at radius 1 is 1.17 bits per heavy atom. The minimum atomic E-state index is -1.41. The fraction of sp³-hybridized carbons (Fsp3) is 0.429. The zero-order chi connectivity index (χ0) is 21.9. The summed E-state index contributed by atoms with van der Waals surface area (Å²) in [6.07, 6.45) is 0. The normalized spacial score (nSPS) is 11.0. The summed E-state index contributed by atoms with van der Waals surface area (Å²) in [4.78, 5) is 49.1. The van der Waals surface area contributed by atoms with Crippen molar-refractivity contribution in [2.45, 2.75) is 47.8 Å². The summed E-state index contributed by atoms with van der Waals surface area (Å²) in [6, 6.07) is 3.33. The van der Waals surface area contributed by atoms with Gasteiger partial charge in [0.1, 0.15) is 17.9 Å². The molecule has 0 aliphatic carbocycles. The predicted octanol–water partition coefficient (Wildman–Crippen LogP) is 2.90. The van der Waals surface area contributed by atoms with E-state index in [4.69, 9.17) is 9.47 Å². The van der Waals surface area contributed by atoms with E-state index in [0.29, 0.717) is 16.6 Å². The molecule has 0 spiro atoms. The average molecular weight is 403 g/mol. The molecule has 1 N–H and O–H groups in total. The molecule has 0 saturated heterocycles. The highest BCUT2D eigenvalue weighted by molar-refractivity contribution is 6.05. The summed E-state index contributed by atoms with van der Waals surface area (Å²) < 4.78 is 11.5. The molecule has 1 heterocycles. The summed E-state index contributed by atoms with van der Waals surface area (Å²) in [6.45, 7) is 8.50. The zero-order valence-electron chi connectivity index (χ0n) is 17.2. The number of carbonyl (C=O) groups excluding carboxylic acids is 2. The number of aromatic nitrogens is 1. The highest BCUT2D eigenvalue weighted by Gasteiger charge is 2.29. The van der Waals surface area contributed by atoms with Crippen LogP contribution in [0, 0.1) is 12.8 Å². The van der Waals surface area contributed by atoms with Crippen LogP contribution in [0.3, 0.4) is 0 Å². The summed E-state index contributed by atoms with van der Waals surface area (Å²) >= 11 is 0. The number of rotatable bonds is 7. The van der Waals surface area contributed by atoms with Crippen LogP contribution in [0.5, 0.6) is 0 Å². The van der Waals surface area contributed by atoms with Crippen LogP contribution in [0.25, 0.3) is 10.9 Å². The first kappa shape index (κ1) is 22.1.